The number of nitrogen functional groups attached to an aromatic ring is 1. The minimum atomic E-state index is -0.0349. The van der Waals surface area contributed by atoms with Gasteiger partial charge in [0.25, 0.3) is 0 Å². The molecule has 0 heterocycles. The number of rotatable bonds is 4. The summed E-state index contributed by atoms with van der Waals surface area (Å²) in [4.78, 5) is 11.9. The lowest BCUT2D eigenvalue weighted by atomic mass is 10.1. The number of nitrogens with one attached hydrogen (secondary N) is 1. The zero-order valence-corrected chi connectivity index (χ0v) is 12.1. The smallest absolute Gasteiger partial charge is 0.224 e. The fourth-order valence-electron chi connectivity index (χ4n) is 1.90. The molecule has 2 aromatic carbocycles. The summed E-state index contributed by atoms with van der Waals surface area (Å²) in [5.74, 6) is -0.0349. The SMILES string of the molecule is Cc1ccc(NC(=O)CCc2cccc(N)c2)cc1Cl. The van der Waals surface area contributed by atoms with Gasteiger partial charge in [0.1, 0.15) is 0 Å². The van der Waals surface area contributed by atoms with E-state index in [1.54, 1.807) is 6.07 Å². The van der Waals surface area contributed by atoms with Crippen molar-refractivity contribution < 1.29 is 4.79 Å². The summed E-state index contributed by atoms with van der Waals surface area (Å²) in [5, 5.41) is 3.49. The van der Waals surface area contributed by atoms with E-state index in [0.717, 1.165) is 16.8 Å². The molecule has 0 aliphatic carbocycles. The van der Waals surface area contributed by atoms with E-state index in [1.807, 2.05) is 43.3 Å². The molecule has 0 aliphatic rings. The van der Waals surface area contributed by atoms with Crippen LogP contribution in [-0.4, -0.2) is 5.91 Å². The topological polar surface area (TPSA) is 55.1 Å². The van der Waals surface area contributed by atoms with Crippen LogP contribution in [0, 0.1) is 6.92 Å². The maximum absolute atomic E-state index is 11.9. The van der Waals surface area contributed by atoms with Crippen molar-refractivity contribution >= 4 is 28.9 Å². The number of aryl methyl sites for hydroxylation is 2. The molecule has 0 spiro atoms. The summed E-state index contributed by atoms with van der Waals surface area (Å²) >= 11 is 6.02. The van der Waals surface area contributed by atoms with Crippen LogP contribution in [0.1, 0.15) is 17.5 Å². The van der Waals surface area contributed by atoms with Crippen LogP contribution in [0.5, 0.6) is 0 Å². The van der Waals surface area contributed by atoms with E-state index in [2.05, 4.69) is 5.32 Å². The van der Waals surface area contributed by atoms with Crippen molar-refractivity contribution in [3.8, 4) is 0 Å². The summed E-state index contributed by atoms with van der Waals surface area (Å²) in [6, 6.07) is 13.1. The number of hydrogen-bond donors (Lipinski definition) is 2. The molecule has 0 saturated carbocycles. The van der Waals surface area contributed by atoms with Gasteiger partial charge in [0.15, 0.2) is 0 Å². The van der Waals surface area contributed by atoms with Gasteiger partial charge in [-0.05, 0) is 48.7 Å². The van der Waals surface area contributed by atoms with Crippen molar-refractivity contribution in [2.45, 2.75) is 19.8 Å². The molecule has 2 rings (SSSR count). The number of hydrogen-bond acceptors (Lipinski definition) is 2. The number of benzene rings is 2. The third kappa shape index (κ3) is 4.00. The highest BCUT2D eigenvalue weighted by Gasteiger charge is 2.05. The fraction of sp³-hybridized carbons (Fsp3) is 0.188. The second-order valence-electron chi connectivity index (χ2n) is 4.76. The lowest BCUT2D eigenvalue weighted by molar-refractivity contribution is -0.116. The van der Waals surface area contributed by atoms with Crippen LogP contribution in [0.2, 0.25) is 5.02 Å². The van der Waals surface area contributed by atoms with Crippen LogP contribution in [0.3, 0.4) is 0 Å². The molecule has 0 atom stereocenters. The number of anilines is 2. The first-order valence-corrected chi connectivity index (χ1v) is 6.83. The molecule has 0 aromatic heterocycles. The molecule has 20 heavy (non-hydrogen) atoms. The zero-order chi connectivity index (χ0) is 14.5. The molecule has 3 nitrogen and oxygen atoms in total. The molecule has 0 aliphatic heterocycles. The first-order valence-electron chi connectivity index (χ1n) is 6.45. The van der Waals surface area contributed by atoms with Gasteiger partial charge in [-0.2, -0.15) is 0 Å². The Labute approximate surface area is 123 Å². The summed E-state index contributed by atoms with van der Waals surface area (Å²) in [6.07, 6.45) is 1.07. The summed E-state index contributed by atoms with van der Waals surface area (Å²) in [6.45, 7) is 1.92. The Kier molecular flexibility index (Phi) is 4.64. The van der Waals surface area contributed by atoms with Crippen LogP contribution in [0.25, 0.3) is 0 Å². The molecule has 0 radical (unpaired) electrons. The van der Waals surface area contributed by atoms with Crippen molar-refractivity contribution in [1.29, 1.82) is 0 Å². The van der Waals surface area contributed by atoms with E-state index in [1.165, 1.54) is 0 Å². The van der Waals surface area contributed by atoms with Gasteiger partial charge in [0.05, 0.1) is 0 Å². The maximum Gasteiger partial charge on any atom is 0.224 e. The molecule has 4 heteroatoms. The molecular weight excluding hydrogens is 272 g/mol. The average Bonchev–Trinajstić information content (AvgIpc) is 2.41. The van der Waals surface area contributed by atoms with Gasteiger partial charge >= 0.3 is 0 Å². The molecule has 0 fully saturated rings. The Morgan fingerprint density at radius 3 is 2.75 bits per heavy atom. The lowest BCUT2D eigenvalue weighted by Gasteiger charge is -2.07. The predicted octanol–water partition coefficient (Wildman–Crippen LogP) is 3.80. The monoisotopic (exact) mass is 288 g/mol. The second kappa shape index (κ2) is 6.44. The molecule has 1 amide bonds. The molecule has 2 aromatic rings. The van der Waals surface area contributed by atoms with Crippen molar-refractivity contribution in [3.63, 3.8) is 0 Å². The van der Waals surface area contributed by atoms with E-state index in [4.69, 9.17) is 17.3 Å². The highest BCUT2D eigenvalue weighted by atomic mass is 35.5. The van der Waals surface area contributed by atoms with Crippen molar-refractivity contribution in [3.05, 3.63) is 58.6 Å². The van der Waals surface area contributed by atoms with Gasteiger partial charge in [0.2, 0.25) is 5.91 Å². The Morgan fingerprint density at radius 1 is 1.25 bits per heavy atom. The Balaban J connectivity index is 1.91. The van der Waals surface area contributed by atoms with E-state index in [0.29, 0.717) is 23.6 Å². The van der Waals surface area contributed by atoms with E-state index >= 15 is 0 Å². The van der Waals surface area contributed by atoms with Gasteiger partial charge in [-0.15, -0.1) is 0 Å². The number of carbonyl (C=O) groups excluding carboxylic acids is 1. The molecule has 0 saturated heterocycles. The van der Waals surface area contributed by atoms with Crippen molar-refractivity contribution in [2.24, 2.45) is 0 Å². The van der Waals surface area contributed by atoms with Gasteiger partial charge in [-0.25, -0.2) is 0 Å². The Bertz CT molecular complexity index is 626. The van der Waals surface area contributed by atoms with Crippen LogP contribution in [0.15, 0.2) is 42.5 Å². The minimum absolute atomic E-state index is 0.0349. The molecular formula is C16H17ClN2O. The number of amides is 1. The van der Waals surface area contributed by atoms with E-state index < -0.39 is 0 Å². The first-order chi connectivity index (χ1) is 9.54. The zero-order valence-electron chi connectivity index (χ0n) is 11.3. The first kappa shape index (κ1) is 14.4. The van der Waals surface area contributed by atoms with Gasteiger partial charge < -0.3 is 11.1 Å². The molecule has 104 valence electrons. The minimum Gasteiger partial charge on any atom is -0.399 e. The average molecular weight is 289 g/mol. The lowest BCUT2D eigenvalue weighted by Crippen LogP contribution is -2.12. The number of carbonyl (C=O) groups is 1. The Morgan fingerprint density at radius 2 is 2.05 bits per heavy atom. The standard InChI is InChI=1S/C16H17ClN2O/c1-11-5-7-14(10-15(11)17)19-16(20)8-6-12-3-2-4-13(18)9-12/h2-5,7,9-10H,6,8,18H2,1H3,(H,19,20). The summed E-state index contributed by atoms with van der Waals surface area (Å²) in [5.41, 5.74) is 9.19. The fourth-order valence-corrected chi connectivity index (χ4v) is 2.08. The van der Waals surface area contributed by atoms with E-state index in [-0.39, 0.29) is 5.91 Å². The predicted molar refractivity (Wildman–Crippen MR) is 84.0 cm³/mol. The molecule has 0 unspecified atom stereocenters. The third-order valence-electron chi connectivity index (χ3n) is 3.05. The third-order valence-corrected chi connectivity index (χ3v) is 3.45. The van der Waals surface area contributed by atoms with Gasteiger partial charge in [0, 0.05) is 22.8 Å². The normalized spacial score (nSPS) is 10.3. The van der Waals surface area contributed by atoms with Gasteiger partial charge in [-0.1, -0.05) is 29.8 Å². The van der Waals surface area contributed by atoms with Crippen LogP contribution in [-0.2, 0) is 11.2 Å². The highest BCUT2D eigenvalue weighted by Crippen LogP contribution is 2.20. The molecule has 0 bridgehead atoms. The quantitative estimate of drug-likeness (QED) is 0.841. The van der Waals surface area contributed by atoms with Crippen molar-refractivity contribution in [2.75, 3.05) is 11.1 Å². The van der Waals surface area contributed by atoms with Crippen LogP contribution >= 0.6 is 11.6 Å². The Hall–Kier alpha value is -2.00. The summed E-state index contributed by atoms with van der Waals surface area (Å²) in [7, 11) is 0. The van der Waals surface area contributed by atoms with Gasteiger partial charge in [-0.3, -0.25) is 4.79 Å². The maximum atomic E-state index is 11.9. The van der Waals surface area contributed by atoms with Crippen molar-refractivity contribution in [1.82, 2.24) is 0 Å². The van der Waals surface area contributed by atoms with Crippen LogP contribution in [0.4, 0.5) is 11.4 Å². The number of halogens is 1. The molecule has 3 N–H and O–H groups in total. The summed E-state index contributed by atoms with van der Waals surface area (Å²) < 4.78 is 0. The largest absolute Gasteiger partial charge is 0.399 e. The van der Waals surface area contributed by atoms with E-state index in [9.17, 15) is 4.79 Å². The number of nitrogens with two attached hydrogens (primary N) is 1. The second-order valence-corrected chi connectivity index (χ2v) is 5.16. The highest BCUT2D eigenvalue weighted by molar-refractivity contribution is 6.31. The van der Waals surface area contributed by atoms with Crippen LogP contribution < -0.4 is 11.1 Å².